The average Bonchev–Trinajstić information content (AvgIpc) is 2.37. The second kappa shape index (κ2) is 7.60. The number of esters is 1. The Balaban J connectivity index is 2.66. The van der Waals surface area contributed by atoms with Crippen molar-refractivity contribution >= 4 is 5.97 Å². The maximum absolute atomic E-state index is 11.4. The maximum atomic E-state index is 11.4. The number of carbonyl (C=O) groups is 1. The summed E-state index contributed by atoms with van der Waals surface area (Å²) in [7, 11) is 1.42. The van der Waals surface area contributed by atoms with Crippen molar-refractivity contribution in [3.63, 3.8) is 0 Å². The molecule has 21 heavy (non-hydrogen) atoms. The molecule has 0 saturated heterocycles. The molecule has 1 atom stereocenters. The number of rotatable bonds is 7. The van der Waals surface area contributed by atoms with E-state index < -0.39 is 0 Å². The van der Waals surface area contributed by atoms with E-state index in [-0.39, 0.29) is 17.4 Å². The highest BCUT2D eigenvalue weighted by molar-refractivity contribution is 5.69. The molecule has 1 unspecified atom stereocenters. The molecule has 0 radical (unpaired) electrons. The van der Waals surface area contributed by atoms with Gasteiger partial charge in [-0.2, -0.15) is 0 Å². The Labute approximate surface area is 128 Å². The molecule has 0 aliphatic rings. The van der Waals surface area contributed by atoms with Crippen LogP contribution in [0.25, 0.3) is 0 Å². The first-order valence-electron chi connectivity index (χ1n) is 7.65. The van der Waals surface area contributed by atoms with Crippen LogP contribution in [0.5, 0.6) is 0 Å². The number of hydrogen-bond donors (Lipinski definition) is 1. The minimum atomic E-state index is -0.181. The third kappa shape index (κ3) is 6.30. The molecule has 1 rings (SSSR count). The molecule has 0 fully saturated rings. The topological polar surface area (TPSA) is 52.3 Å². The number of methoxy groups -OCH3 is 1. The molecule has 3 heteroatoms. The Hall–Kier alpha value is -1.35. The highest BCUT2D eigenvalue weighted by Gasteiger charge is 2.25. The zero-order valence-electron chi connectivity index (χ0n) is 14.0. The largest absolute Gasteiger partial charge is 0.469 e. The predicted octanol–water partition coefficient (Wildman–Crippen LogP) is 3.86. The van der Waals surface area contributed by atoms with Crippen LogP contribution in [0.3, 0.4) is 0 Å². The first-order chi connectivity index (χ1) is 9.73. The normalized spacial score (nSPS) is 13.3. The van der Waals surface area contributed by atoms with E-state index in [1.165, 1.54) is 12.7 Å². The summed E-state index contributed by atoms with van der Waals surface area (Å²) in [6.07, 6.45) is 2.23. The summed E-state index contributed by atoms with van der Waals surface area (Å²) in [5.74, 6) is 0.475. The van der Waals surface area contributed by atoms with Crippen molar-refractivity contribution in [3.05, 3.63) is 35.4 Å². The Morgan fingerprint density at radius 1 is 1.24 bits per heavy atom. The van der Waals surface area contributed by atoms with Crippen molar-refractivity contribution in [2.75, 3.05) is 7.11 Å². The standard InChI is InChI=1S/C18H29NO2/c1-13(2)10-14-6-8-15(9-7-14)16(19)11-18(3,4)12-17(20)21-5/h6-9,13,16H,10-12,19H2,1-5H3. The summed E-state index contributed by atoms with van der Waals surface area (Å²) in [4.78, 5) is 11.4. The monoisotopic (exact) mass is 291 g/mol. The molecule has 0 bridgehead atoms. The van der Waals surface area contributed by atoms with Crippen LogP contribution in [0.2, 0.25) is 0 Å². The molecule has 0 heterocycles. The maximum Gasteiger partial charge on any atom is 0.306 e. The van der Waals surface area contributed by atoms with Gasteiger partial charge in [-0.15, -0.1) is 0 Å². The minimum absolute atomic E-state index is 0.0576. The number of nitrogens with two attached hydrogens (primary N) is 1. The molecular formula is C18H29NO2. The highest BCUT2D eigenvalue weighted by atomic mass is 16.5. The minimum Gasteiger partial charge on any atom is -0.469 e. The van der Waals surface area contributed by atoms with Gasteiger partial charge in [-0.25, -0.2) is 0 Å². The van der Waals surface area contributed by atoms with Crippen LogP contribution in [-0.2, 0) is 16.0 Å². The van der Waals surface area contributed by atoms with Gasteiger partial charge >= 0.3 is 5.97 Å². The Morgan fingerprint density at radius 3 is 2.29 bits per heavy atom. The van der Waals surface area contributed by atoms with Gasteiger partial charge < -0.3 is 10.5 Å². The van der Waals surface area contributed by atoms with Crippen LogP contribution >= 0.6 is 0 Å². The molecule has 0 saturated carbocycles. The number of ether oxygens (including phenoxy) is 1. The molecule has 118 valence electrons. The summed E-state index contributed by atoms with van der Waals surface area (Å²) >= 11 is 0. The quantitative estimate of drug-likeness (QED) is 0.776. The van der Waals surface area contributed by atoms with Crippen molar-refractivity contribution in [1.82, 2.24) is 0 Å². The van der Waals surface area contributed by atoms with E-state index in [0.717, 1.165) is 18.4 Å². The Bertz CT molecular complexity index is 449. The SMILES string of the molecule is COC(=O)CC(C)(C)CC(N)c1ccc(CC(C)C)cc1. The van der Waals surface area contributed by atoms with Crippen LogP contribution in [0.1, 0.15) is 57.7 Å². The molecule has 0 spiro atoms. The summed E-state index contributed by atoms with van der Waals surface area (Å²) in [5, 5.41) is 0. The van der Waals surface area contributed by atoms with Gasteiger partial charge in [0.25, 0.3) is 0 Å². The van der Waals surface area contributed by atoms with Crippen LogP contribution < -0.4 is 5.73 Å². The van der Waals surface area contributed by atoms with Gasteiger partial charge in [0.2, 0.25) is 0 Å². The first kappa shape index (κ1) is 17.7. The van der Waals surface area contributed by atoms with E-state index in [9.17, 15) is 4.79 Å². The van der Waals surface area contributed by atoms with Crippen molar-refractivity contribution < 1.29 is 9.53 Å². The molecule has 1 aromatic rings. The fraction of sp³-hybridized carbons (Fsp3) is 0.611. The van der Waals surface area contributed by atoms with Gasteiger partial charge in [0, 0.05) is 6.04 Å². The lowest BCUT2D eigenvalue weighted by Gasteiger charge is -2.27. The molecule has 0 amide bonds. The molecular weight excluding hydrogens is 262 g/mol. The van der Waals surface area contributed by atoms with Gasteiger partial charge in [-0.1, -0.05) is 52.0 Å². The Kier molecular flexibility index (Phi) is 6.41. The predicted molar refractivity (Wildman–Crippen MR) is 86.9 cm³/mol. The molecule has 0 aliphatic carbocycles. The summed E-state index contributed by atoms with van der Waals surface area (Å²) < 4.78 is 4.75. The smallest absolute Gasteiger partial charge is 0.306 e. The van der Waals surface area contributed by atoms with E-state index in [1.54, 1.807) is 0 Å². The summed E-state index contributed by atoms with van der Waals surface area (Å²) in [5.41, 5.74) is 8.60. The van der Waals surface area contributed by atoms with E-state index in [2.05, 4.69) is 52.0 Å². The second-order valence-corrected chi connectivity index (χ2v) is 7.07. The van der Waals surface area contributed by atoms with Gasteiger partial charge in [0.15, 0.2) is 0 Å². The summed E-state index contributed by atoms with van der Waals surface area (Å²) in [6.45, 7) is 8.54. The van der Waals surface area contributed by atoms with Gasteiger partial charge in [-0.3, -0.25) is 4.79 Å². The van der Waals surface area contributed by atoms with Crippen molar-refractivity contribution in [1.29, 1.82) is 0 Å². The average molecular weight is 291 g/mol. The van der Waals surface area contributed by atoms with Crippen LogP contribution in [0.15, 0.2) is 24.3 Å². The lowest BCUT2D eigenvalue weighted by molar-refractivity contribution is -0.143. The molecule has 1 aromatic carbocycles. The van der Waals surface area contributed by atoms with Gasteiger partial charge in [0.1, 0.15) is 0 Å². The zero-order valence-corrected chi connectivity index (χ0v) is 14.0. The van der Waals surface area contributed by atoms with Gasteiger partial charge in [0.05, 0.1) is 13.5 Å². The van der Waals surface area contributed by atoms with E-state index >= 15 is 0 Å². The molecule has 3 nitrogen and oxygen atoms in total. The zero-order chi connectivity index (χ0) is 16.0. The van der Waals surface area contributed by atoms with Crippen LogP contribution in [0, 0.1) is 11.3 Å². The van der Waals surface area contributed by atoms with E-state index in [4.69, 9.17) is 10.5 Å². The molecule has 0 aliphatic heterocycles. The van der Waals surface area contributed by atoms with Gasteiger partial charge in [-0.05, 0) is 35.3 Å². The van der Waals surface area contributed by atoms with Crippen molar-refractivity contribution in [2.24, 2.45) is 17.1 Å². The van der Waals surface area contributed by atoms with Crippen LogP contribution in [-0.4, -0.2) is 13.1 Å². The number of benzene rings is 1. The number of hydrogen-bond acceptors (Lipinski definition) is 3. The van der Waals surface area contributed by atoms with Crippen molar-refractivity contribution in [3.8, 4) is 0 Å². The fourth-order valence-electron chi connectivity index (χ4n) is 2.62. The third-order valence-corrected chi connectivity index (χ3v) is 3.67. The van der Waals surface area contributed by atoms with E-state index in [1.807, 2.05) is 0 Å². The van der Waals surface area contributed by atoms with Crippen LogP contribution in [0.4, 0.5) is 0 Å². The lowest BCUT2D eigenvalue weighted by atomic mass is 9.81. The molecule has 2 N–H and O–H groups in total. The molecule has 0 aromatic heterocycles. The Morgan fingerprint density at radius 2 is 1.81 bits per heavy atom. The second-order valence-electron chi connectivity index (χ2n) is 7.07. The highest BCUT2D eigenvalue weighted by Crippen LogP contribution is 2.32. The first-order valence-corrected chi connectivity index (χ1v) is 7.65. The third-order valence-electron chi connectivity index (χ3n) is 3.67. The van der Waals surface area contributed by atoms with E-state index in [0.29, 0.717) is 12.3 Å². The van der Waals surface area contributed by atoms with Crippen molar-refractivity contribution in [2.45, 2.75) is 53.0 Å². The lowest BCUT2D eigenvalue weighted by Crippen LogP contribution is -2.24. The number of carbonyl (C=O) groups excluding carboxylic acids is 1. The fourth-order valence-corrected chi connectivity index (χ4v) is 2.62. The summed E-state index contributed by atoms with van der Waals surface area (Å²) in [6, 6.07) is 8.47.